The quantitative estimate of drug-likeness (QED) is 0.0704. The van der Waals surface area contributed by atoms with Crippen LogP contribution in [0.25, 0.3) is 27.6 Å². The van der Waals surface area contributed by atoms with Crippen LogP contribution < -0.4 is 14.4 Å². The highest BCUT2D eigenvalue weighted by Gasteiger charge is 2.41. The molecular formula is C41H39ClN8O5S. The van der Waals surface area contributed by atoms with Gasteiger partial charge in [0.15, 0.2) is 4.90 Å². The number of piperazine rings is 1. The van der Waals surface area contributed by atoms with Crippen molar-refractivity contribution in [2.75, 3.05) is 37.6 Å². The third-order valence-corrected chi connectivity index (χ3v) is 12.9. The number of pyridine rings is 1. The Morgan fingerprint density at radius 1 is 1.00 bits per heavy atom. The first-order valence-corrected chi connectivity index (χ1v) is 20.3. The van der Waals surface area contributed by atoms with Gasteiger partial charge in [-0.05, 0) is 85.1 Å². The number of nitro groups is 1. The molecule has 56 heavy (non-hydrogen) atoms. The zero-order valence-corrected chi connectivity index (χ0v) is 32.0. The Labute approximate surface area is 330 Å². The van der Waals surface area contributed by atoms with Gasteiger partial charge in [0.05, 0.1) is 29.1 Å². The number of ether oxygens (including phenoxy) is 1. The topological polar surface area (TPSA) is 168 Å². The summed E-state index contributed by atoms with van der Waals surface area (Å²) < 4.78 is 22.3. The smallest absolute Gasteiger partial charge is 0.300 e. The highest BCUT2D eigenvalue weighted by atomic mass is 35.5. The Balaban J connectivity index is 0.943. The molecule has 2 aliphatic carbocycles. The maximum absolute atomic E-state index is 13.8. The molecule has 1 amide bonds. The van der Waals surface area contributed by atoms with Crippen molar-refractivity contribution in [3.05, 3.63) is 117 Å². The summed E-state index contributed by atoms with van der Waals surface area (Å²) in [5, 5.41) is 13.3. The summed E-state index contributed by atoms with van der Waals surface area (Å²) in [5.74, 6) is 0.0145. The van der Waals surface area contributed by atoms with Gasteiger partial charge in [0.2, 0.25) is 0 Å². The molecule has 3 N–H and O–H groups in total. The number of rotatable bonds is 10. The number of anilines is 1. The van der Waals surface area contributed by atoms with Gasteiger partial charge in [0.25, 0.3) is 11.6 Å². The van der Waals surface area contributed by atoms with E-state index in [2.05, 4.69) is 46.6 Å². The maximum atomic E-state index is 13.8. The number of halogens is 1. The maximum Gasteiger partial charge on any atom is 0.300 e. The van der Waals surface area contributed by atoms with Gasteiger partial charge >= 0.3 is 0 Å². The zero-order chi connectivity index (χ0) is 38.4. The summed E-state index contributed by atoms with van der Waals surface area (Å²) in [6, 6.07) is 20.0. The van der Waals surface area contributed by atoms with Crippen molar-refractivity contribution in [2.45, 2.75) is 43.4 Å². The van der Waals surface area contributed by atoms with Crippen LogP contribution in [0, 0.1) is 15.5 Å². The number of nitrogens with one attached hydrogen (secondary N) is 3. The Morgan fingerprint density at radius 2 is 1.82 bits per heavy atom. The van der Waals surface area contributed by atoms with Gasteiger partial charge in [-0.3, -0.25) is 19.8 Å². The van der Waals surface area contributed by atoms with E-state index in [0.29, 0.717) is 16.8 Å². The van der Waals surface area contributed by atoms with Gasteiger partial charge in [-0.2, -0.15) is 4.72 Å². The summed E-state index contributed by atoms with van der Waals surface area (Å²) in [6.45, 7) is 4.26. The number of carbonyl (C=O) groups excluding carboxylic acids is 1. The number of imidazole rings is 1. The summed E-state index contributed by atoms with van der Waals surface area (Å²) in [7, 11) is 0. The van der Waals surface area contributed by atoms with Gasteiger partial charge in [-0.15, -0.1) is 0 Å². The number of amides is 1. The van der Waals surface area contributed by atoms with Gasteiger partial charge in [-0.1, -0.05) is 35.7 Å². The fourth-order valence-corrected chi connectivity index (χ4v) is 9.32. The van der Waals surface area contributed by atoms with Crippen molar-refractivity contribution >= 4 is 67.9 Å². The monoisotopic (exact) mass is 790 g/mol. The van der Waals surface area contributed by atoms with Crippen LogP contribution in [0.2, 0.25) is 5.02 Å². The van der Waals surface area contributed by atoms with Crippen LogP contribution in [0.4, 0.5) is 11.4 Å². The zero-order valence-electron chi connectivity index (χ0n) is 30.4. The van der Waals surface area contributed by atoms with E-state index in [-0.39, 0.29) is 32.9 Å². The number of hydrogen-bond acceptors (Lipinski definition) is 9. The van der Waals surface area contributed by atoms with Gasteiger partial charge in [0.1, 0.15) is 39.5 Å². The van der Waals surface area contributed by atoms with Crippen LogP contribution in [0.5, 0.6) is 11.5 Å². The number of carbonyl (C=O) groups is 1. The minimum atomic E-state index is -2.14. The molecule has 15 heteroatoms. The summed E-state index contributed by atoms with van der Waals surface area (Å²) in [4.78, 5) is 44.1. The second-order valence-corrected chi connectivity index (χ2v) is 16.6. The number of benzene rings is 3. The molecule has 1 spiro atoms. The van der Waals surface area contributed by atoms with Gasteiger partial charge in [-0.25, -0.2) is 9.97 Å². The lowest BCUT2D eigenvalue weighted by atomic mass is 9.59. The molecule has 6 aromatic rings. The fraction of sp³-hybridized carbons (Fsp3) is 0.293. The standard InChI is InChI=1S/C41H39ClN8O5S/c42-29-4-2-26(3-5-29)34-22-41(10-1-11-41)12-8-28(34)24-48-14-16-49(17-15-48)30-6-7-33(37(19-30)55-31-18-27-9-13-43-39(27)44-23-31)40(51)47-56(54)32-20-35-38(46-25-45-35)36(21-32)50(52)53/h2-7,9,13,18-21,23,25H,1,8,10-12,14-17,22,24H2,(H,43,44)(H,45,46)(H,47,51). The lowest BCUT2D eigenvalue weighted by Crippen LogP contribution is -2.47. The van der Waals surface area contributed by atoms with Crippen LogP contribution >= 0.6 is 11.6 Å². The molecule has 1 aliphatic heterocycles. The molecule has 1 saturated heterocycles. The van der Waals surface area contributed by atoms with Crippen molar-refractivity contribution in [3.8, 4) is 11.5 Å². The van der Waals surface area contributed by atoms with Crippen molar-refractivity contribution in [2.24, 2.45) is 5.41 Å². The third kappa shape index (κ3) is 7.20. The second kappa shape index (κ2) is 14.9. The number of nitro benzene ring substituents is 1. The van der Waals surface area contributed by atoms with Gasteiger partial charge < -0.3 is 24.2 Å². The normalized spacial score (nSPS) is 17.6. The van der Waals surface area contributed by atoms with Crippen LogP contribution in [0.3, 0.4) is 0 Å². The van der Waals surface area contributed by atoms with E-state index in [1.165, 1.54) is 60.9 Å². The van der Waals surface area contributed by atoms with E-state index < -0.39 is 22.2 Å². The molecule has 0 bridgehead atoms. The van der Waals surface area contributed by atoms with E-state index in [1.54, 1.807) is 18.5 Å². The predicted molar refractivity (Wildman–Crippen MR) is 216 cm³/mol. The van der Waals surface area contributed by atoms with Crippen molar-refractivity contribution in [3.63, 3.8) is 0 Å². The summed E-state index contributed by atoms with van der Waals surface area (Å²) in [5.41, 5.74) is 6.70. The number of aromatic amines is 2. The number of H-pyrrole nitrogens is 2. The van der Waals surface area contributed by atoms with Gasteiger partial charge in [0, 0.05) is 67.1 Å². The van der Waals surface area contributed by atoms with Crippen LogP contribution in [0.15, 0.2) is 95.9 Å². The molecule has 3 aromatic carbocycles. The van der Waals surface area contributed by atoms with E-state index >= 15 is 0 Å². The molecule has 1 saturated carbocycles. The van der Waals surface area contributed by atoms with Crippen LogP contribution in [-0.4, -0.2) is 72.9 Å². The molecule has 4 heterocycles. The number of aromatic nitrogens is 4. The number of non-ortho nitro benzene ring substituents is 1. The molecule has 1 atom stereocenters. The van der Waals surface area contributed by atoms with Crippen LogP contribution in [0.1, 0.15) is 54.4 Å². The Bertz CT molecular complexity index is 2490. The number of fused-ring (bicyclic) bond motifs is 2. The molecule has 286 valence electrons. The Morgan fingerprint density at radius 3 is 2.59 bits per heavy atom. The largest absolute Gasteiger partial charge is 0.588 e. The van der Waals surface area contributed by atoms with Crippen molar-refractivity contribution in [1.29, 1.82) is 0 Å². The van der Waals surface area contributed by atoms with E-state index in [9.17, 15) is 19.5 Å². The number of hydrogen-bond donors (Lipinski definition) is 3. The van der Waals surface area contributed by atoms with Crippen molar-refractivity contribution in [1.82, 2.24) is 29.6 Å². The van der Waals surface area contributed by atoms with E-state index in [1.807, 2.05) is 36.4 Å². The average Bonchev–Trinajstić information content (AvgIpc) is 3.87. The van der Waals surface area contributed by atoms with Crippen molar-refractivity contribution < 1.29 is 19.0 Å². The van der Waals surface area contributed by atoms with E-state index in [0.717, 1.165) is 61.7 Å². The predicted octanol–water partition coefficient (Wildman–Crippen LogP) is 8.18. The highest BCUT2D eigenvalue weighted by Crippen LogP contribution is 2.55. The average molecular weight is 791 g/mol. The molecule has 0 radical (unpaired) electrons. The second-order valence-electron chi connectivity index (χ2n) is 14.9. The summed E-state index contributed by atoms with van der Waals surface area (Å²) in [6.07, 6.45) is 12.2. The molecule has 1 unspecified atom stereocenters. The van der Waals surface area contributed by atoms with E-state index in [4.69, 9.17) is 16.3 Å². The minimum absolute atomic E-state index is 0.0375. The lowest BCUT2D eigenvalue weighted by molar-refractivity contribution is -0.383. The lowest BCUT2D eigenvalue weighted by Gasteiger charge is -2.47. The first kappa shape index (κ1) is 36.2. The molecule has 3 aliphatic rings. The first-order chi connectivity index (χ1) is 27.2. The SMILES string of the molecule is O=C(N[S+]([O-])c1cc([N+](=O)[O-])c2[nH]cnc2c1)c1ccc(N2CCN(CC3=C(c4ccc(Cl)cc4)CC4(CCC4)CC3)CC2)cc1Oc1cnc2[nH]ccc2c1. The molecule has 9 rings (SSSR count). The molecular weight excluding hydrogens is 752 g/mol. The summed E-state index contributed by atoms with van der Waals surface area (Å²) >= 11 is 4.13. The molecule has 3 aromatic heterocycles. The van der Waals surface area contributed by atoms with Crippen LogP contribution in [-0.2, 0) is 11.4 Å². The Kier molecular flexibility index (Phi) is 9.65. The molecule has 13 nitrogen and oxygen atoms in total. The highest BCUT2D eigenvalue weighted by molar-refractivity contribution is 7.90. The molecule has 2 fully saturated rings. The number of allylic oxidation sites excluding steroid dienone is 1. The Hall–Kier alpha value is -5.41. The minimum Gasteiger partial charge on any atom is -0.588 e. The fourth-order valence-electron chi connectivity index (χ4n) is 8.36. The first-order valence-electron chi connectivity index (χ1n) is 18.7. The number of nitrogens with zero attached hydrogens (tertiary/aromatic N) is 5. The third-order valence-electron chi connectivity index (χ3n) is 11.6.